The fourth-order valence-electron chi connectivity index (χ4n) is 1.23. The lowest BCUT2D eigenvalue weighted by atomic mass is 10.1. The summed E-state index contributed by atoms with van der Waals surface area (Å²) < 4.78 is 21.6. The highest BCUT2D eigenvalue weighted by Crippen LogP contribution is 2.21. The Morgan fingerprint density at radius 2 is 2.24 bits per heavy atom. The molecule has 1 aromatic rings. The van der Waals surface area contributed by atoms with Crippen molar-refractivity contribution in [1.82, 2.24) is 4.83 Å². The largest absolute Gasteiger partial charge is 0.507 e. The Morgan fingerprint density at radius 3 is 2.82 bits per heavy atom. The maximum atomic E-state index is 10.8. The van der Waals surface area contributed by atoms with E-state index in [1.165, 1.54) is 6.21 Å². The average Bonchev–Trinajstić information content (AvgIpc) is 2.22. The molecule has 5 nitrogen and oxygen atoms in total. The van der Waals surface area contributed by atoms with Gasteiger partial charge in [-0.15, -0.1) is 6.58 Å². The Balaban J connectivity index is 2.92. The lowest BCUT2D eigenvalue weighted by Crippen LogP contribution is -2.15. The first kappa shape index (κ1) is 13.2. The van der Waals surface area contributed by atoms with Crippen molar-refractivity contribution in [2.75, 3.05) is 6.26 Å². The Kier molecular flexibility index (Phi) is 4.28. The van der Waals surface area contributed by atoms with Gasteiger partial charge in [0, 0.05) is 5.56 Å². The zero-order valence-corrected chi connectivity index (χ0v) is 10.2. The number of benzene rings is 1. The maximum absolute atomic E-state index is 10.8. The molecule has 0 aromatic heterocycles. The molecular weight excluding hydrogens is 240 g/mol. The zero-order valence-electron chi connectivity index (χ0n) is 9.42. The molecule has 0 atom stereocenters. The summed E-state index contributed by atoms with van der Waals surface area (Å²) in [7, 11) is -3.37. The van der Waals surface area contributed by atoms with Gasteiger partial charge in [-0.2, -0.15) is 5.10 Å². The topological polar surface area (TPSA) is 78.8 Å². The van der Waals surface area contributed by atoms with E-state index in [0.717, 1.165) is 6.26 Å². The van der Waals surface area contributed by atoms with Crippen LogP contribution in [0.4, 0.5) is 0 Å². The molecule has 1 rings (SSSR count). The smallest absolute Gasteiger partial charge is 0.244 e. The second-order valence-electron chi connectivity index (χ2n) is 3.47. The minimum atomic E-state index is -3.37. The van der Waals surface area contributed by atoms with Gasteiger partial charge in [0.25, 0.3) is 0 Å². The van der Waals surface area contributed by atoms with Gasteiger partial charge < -0.3 is 5.11 Å². The number of hydrazone groups is 1. The first-order valence-electron chi connectivity index (χ1n) is 4.85. The van der Waals surface area contributed by atoms with Crippen LogP contribution in [0.25, 0.3) is 0 Å². The van der Waals surface area contributed by atoms with E-state index in [-0.39, 0.29) is 5.75 Å². The molecule has 0 saturated heterocycles. The number of phenolic OH excluding ortho intramolecular Hbond substituents is 1. The summed E-state index contributed by atoms with van der Waals surface area (Å²) in [5, 5.41) is 13.4. The van der Waals surface area contributed by atoms with Crippen LogP contribution in [0.5, 0.6) is 5.75 Å². The van der Waals surface area contributed by atoms with E-state index in [1.807, 2.05) is 4.83 Å². The molecule has 1 aromatic carbocycles. The molecule has 17 heavy (non-hydrogen) atoms. The molecule has 0 aliphatic rings. The molecule has 2 N–H and O–H groups in total. The summed E-state index contributed by atoms with van der Waals surface area (Å²) in [4.78, 5) is 1.96. The number of hydrogen-bond acceptors (Lipinski definition) is 4. The van der Waals surface area contributed by atoms with Crippen LogP contribution in [-0.2, 0) is 16.4 Å². The highest BCUT2D eigenvalue weighted by molar-refractivity contribution is 7.88. The highest BCUT2D eigenvalue weighted by Gasteiger charge is 2.03. The van der Waals surface area contributed by atoms with Gasteiger partial charge in [0.2, 0.25) is 10.0 Å². The molecule has 0 aliphatic heterocycles. The summed E-state index contributed by atoms with van der Waals surface area (Å²) >= 11 is 0. The van der Waals surface area contributed by atoms with Crippen LogP contribution in [0.1, 0.15) is 11.1 Å². The van der Waals surface area contributed by atoms with Gasteiger partial charge in [-0.3, -0.25) is 0 Å². The minimum Gasteiger partial charge on any atom is -0.507 e. The van der Waals surface area contributed by atoms with Crippen molar-refractivity contribution in [3.63, 3.8) is 0 Å². The molecule has 0 saturated carbocycles. The summed E-state index contributed by atoms with van der Waals surface area (Å²) in [6.45, 7) is 3.58. The Morgan fingerprint density at radius 1 is 1.53 bits per heavy atom. The number of phenols is 1. The second-order valence-corrected chi connectivity index (χ2v) is 5.20. The number of aromatic hydroxyl groups is 1. The molecule has 0 unspecified atom stereocenters. The number of nitrogens with one attached hydrogen (secondary N) is 1. The number of hydrogen-bond donors (Lipinski definition) is 2. The van der Waals surface area contributed by atoms with Gasteiger partial charge in [-0.1, -0.05) is 18.2 Å². The number of allylic oxidation sites excluding steroid dienone is 1. The van der Waals surface area contributed by atoms with Crippen LogP contribution in [0, 0.1) is 0 Å². The predicted octanol–water partition coefficient (Wildman–Crippen LogP) is 1.00. The van der Waals surface area contributed by atoms with E-state index < -0.39 is 10.0 Å². The van der Waals surface area contributed by atoms with Crippen molar-refractivity contribution < 1.29 is 13.5 Å². The SMILES string of the molecule is C=CCc1cccc(C=NNS(C)(=O)=O)c1O. The fourth-order valence-corrected chi connectivity index (χ4v) is 1.47. The highest BCUT2D eigenvalue weighted by atomic mass is 32.2. The third kappa shape index (κ3) is 4.28. The molecule has 0 amide bonds. The summed E-state index contributed by atoms with van der Waals surface area (Å²) in [5.41, 5.74) is 1.16. The van der Waals surface area contributed by atoms with Gasteiger partial charge in [-0.25, -0.2) is 13.2 Å². The molecule has 0 radical (unpaired) electrons. The monoisotopic (exact) mass is 254 g/mol. The van der Waals surface area contributed by atoms with Crippen molar-refractivity contribution in [2.24, 2.45) is 5.10 Å². The lowest BCUT2D eigenvalue weighted by molar-refractivity contribution is 0.469. The van der Waals surface area contributed by atoms with Crippen LogP contribution in [0.3, 0.4) is 0 Å². The van der Waals surface area contributed by atoms with Crippen LogP contribution < -0.4 is 4.83 Å². The van der Waals surface area contributed by atoms with Crippen molar-refractivity contribution in [3.8, 4) is 5.75 Å². The summed E-state index contributed by atoms with van der Waals surface area (Å²) in [6.07, 6.45) is 4.46. The second kappa shape index (κ2) is 5.49. The van der Waals surface area contributed by atoms with E-state index in [0.29, 0.717) is 17.5 Å². The van der Waals surface area contributed by atoms with Gasteiger partial charge in [0.1, 0.15) is 5.75 Å². The van der Waals surface area contributed by atoms with E-state index in [4.69, 9.17) is 0 Å². The minimum absolute atomic E-state index is 0.0754. The van der Waals surface area contributed by atoms with Crippen LogP contribution in [-0.4, -0.2) is 26.0 Å². The van der Waals surface area contributed by atoms with Gasteiger partial charge in [-0.05, 0) is 18.1 Å². The first-order valence-corrected chi connectivity index (χ1v) is 6.75. The molecule has 0 fully saturated rings. The normalized spacial score (nSPS) is 11.6. The van der Waals surface area contributed by atoms with Gasteiger partial charge in [0.05, 0.1) is 12.5 Å². The van der Waals surface area contributed by atoms with Crippen molar-refractivity contribution >= 4 is 16.2 Å². The number of rotatable bonds is 5. The third-order valence-corrected chi connectivity index (χ3v) is 2.37. The Labute approximate surface area is 101 Å². The average molecular weight is 254 g/mol. The lowest BCUT2D eigenvalue weighted by Gasteiger charge is -2.04. The molecule has 92 valence electrons. The standard InChI is InChI=1S/C11H14N2O3S/c1-3-5-9-6-4-7-10(11(9)14)8-12-13-17(2,15)16/h3-4,6-8,13-14H,1,5H2,2H3. The van der Waals surface area contributed by atoms with Crippen LogP contribution in [0.2, 0.25) is 0 Å². The van der Waals surface area contributed by atoms with Crippen molar-refractivity contribution in [1.29, 1.82) is 0 Å². The molecule has 0 spiro atoms. The van der Waals surface area contributed by atoms with Crippen molar-refractivity contribution in [3.05, 3.63) is 42.0 Å². The van der Waals surface area contributed by atoms with E-state index in [2.05, 4.69) is 11.7 Å². The molecule has 0 aliphatic carbocycles. The van der Waals surface area contributed by atoms with E-state index >= 15 is 0 Å². The van der Waals surface area contributed by atoms with Crippen LogP contribution in [0.15, 0.2) is 36.0 Å². The summed E-state index contributed by atoms with van der Waals surface area (Å²) in [5.74, 6) is 0.0754. The van der Waals surface area contributed by atoms with Crippen LogP contribution >= 0.6 is 0 Å². The molecule has 6 heteroatoms. The zero-order chi connectivity index (χ0) is 12.9. The van der Waals surface area contributed by atoms with E-state index in [9.17, 15) is 13.5 Å². The molecular formula is C11H14N2O3S. The predicted molar refractivity (Wildman–Crippen MR) is 67.6 cm³/mol. The van der Waals surface area contributed by atoms with Gasteiger partial charge in [0.15, 0.2) is 0 Å². The Bertz CT molecular complexity index is 536. The number of sulfonamides is 1. The quantitative estimate of drug-likeness (QED) is 0.467. The first-order chi connectivity index (χ1) is 7.94. The summed E-state index contributed by atoms with van der Waals surface area (Å²) in [6, 6.07) is 5.15. The fraction of sp³-hybridized carbons (Fsp3) is 0.182. The van der Waals surface area contributed by atoms with E-state index in [1.54, 1.807) is 24.3 Å². The third-order valence-electron chi connectivity index (χ3n) is 1.94. The van der Waals surface area contributed by atoms with Gasteiger partial charge >= 0.3 is 0 Å². The maximum Gasteiger partial charge on any atom is 0.244 e. The molecule has 0 heterocycles. The number of nitrogens with zero attached hydrogens (tertiary/aromatic N) is 1. The van der Waals surface area contributed by atoms with Crippen molar-refractivity contribution in [2.45, 2.75) is 6.42 Å². The Hall–Kier alpha value is -1.82. The number of para-hydroxylation sites is 1. The molecule has 0 bridgehead atoms.